The summed E-state index contributed by atoms with van der Waals surface area (Å²) in [5, 5.41) is 9.02. The van der Waals surface area contributed by atoms with Crippen LogP contribution in [0.3, 0.4) is 0 Å². The molecule has 0 aromatic heterocycles. The van der Waals surface area contributed by atoms with Gasteiger partial charge in [-0.2, -0.15) is 0 Å². The van der Waals surface area contributed by atoms with Crippen LogP contribution in [-0.2, 0) is 9.53 Å². The van der Waals surface area contributed by atoms with Crippen LogP contribution >= 0.6 is 0 Å². The zero-order valence-corrected chi connectivity index (χ0v) is 24.6. The van der Waals surface area contributed by atoms with Crippen molar-refractivity contribution in [1.82, 2.24) is 0 Å². The van der Waals surface area contributed by atoms with Gasteiger partial charge in [-0.15, -0.1) is 0 Å². The maximum absolute atomic E-state index is 12.2. The Hall–Kier alpha value is -0.570. The Bertz CT molecular complexity index is 732. The van der Waals surface area contributed by atoms with E-state index >= 15 is 0 Å². The number of aliphatic hydroxyl groups is 1. The molecule has 10 atom stereocenters. The number of esters is 1. The van der Waals surface area contributed by atoms with Crippen molar-refractivity contribution in [1.29, 1.82) is 0 Å². The van der Waals surface area contributed by atoms with E-state index in [0.717, 1.165) is 54.3 Å². The van der Waals surface area contributed by atoms with E-state index in [9.17, 15) is 4.79 Å². The third kappa shape index (κ3) is 5.43. The van der Waals surface area contributed by atoms with Crippen LogP contribution in [0.15, 0.2) is 0 Å². The minimum absolute atomic E-state index is 0.0699. The lowest BCUT2D eigenvalue weighted by Gasteiger charge is -2.61. The van der Waals surface area contributed by atoms with Crippen LogP contribution in [-0.4, -0.2) is 23.8 Å². The second-order valence-electron chi connectivity index (χ2n) is 14.6. The van der Waals surface area contributed by atoms with Gasteiger partial charge in [0.25, 0.3) is 0 Å². The van der Waals surface area contributed by atoms with Crippen molar-refractivity contribution in [2.75, 3.05) is 6.61 Å². The Kier molecular flexibility index (Phi) is 9.22. The van der Waals surface area contributed by atoms with E-state index in [2.05, 4.69) is 41.5 Å². The lowest BCUT2D eigenvalue weighted by atomic mass is 9.44. The van der Waals surface area contributed by atoms with E-state index in [-0.39, 0.29) is 18.7 Å². The average molecular weight is 503 g/mol. The molecule has 3 heteroatoms. The van der Waals surface area contributed by atoms with Crippen molar-refractivity contribution in [3.05, 3.63) is 0 Å². The van der Waals surface area contributed by atoms with Gasteiger partial charge in [-0.1, -0.05) is 54.4 Å². The highest BCUT2D eigenvalue weighted by molar-refractivity contribution is 5.69. The zero-order valence-electron chi connectivity index (χ0n) is 24.6. The zero-order chi connectivity index (χ0) is 26.1. The van der Waals surface area contributed by atoms with Crippen LogP contribution in [0.4, 0.5) is 0 Å². The molecule has 4 aliphatic rings. The first-order chi connectivity index (χ1) is 17.1. The Balaban J connectivity index is 1.38. The number of carbonyl (C=O) groups is 1. The van der Waals surface area contributed by atoms with Crippen LogP contribution in [0.5, 0.6) is 0 Å². The van der Waals surface area contributed by atoms with Crippen molar-refractivity contribution < 1.29 is 14.6 Å². The Morgan fingerprint density at radius 3 is 2.36 bits per heavy atom. The quantitative estimate of drug-likeness (QED) is 0.305. The molecule has 0 aromatic carbocycles. The molecule has 3 nitrogen and oxygen atoms in total. The molecule has 0 spiro atoms. The third-order valence-corrected chi connectivity index (χ3v) is 12.7. The van der Waals surface area contributed by atoms with Crippen LogP contribution < -0.4 is 0 Å². The lowest BCUT2D eigenvalue weighted by Crippen LogP contribution is -2.54. The second kappa shape index (κ2) is 11.7. The smallest absolute Gasteiger partial charge is 0.306 e. The number of aliphatic hydroxyl groups excluding tert-OH is 1. The molecule has 4 fully saturated rings. The summed E-state index contributed by atoms with van der Waals surface area (Å²) in [4.78, 5) is 12.2. The molecule has 0 saturated heterocycles. The molecule has 0 aliphatic heterocycles. The summed E-state index contributed by atoms with van der Waals surface area (Å²) in [5.74, 6) is 6.84. The molecule has 4 unspecified atom stereocenters. The van der Waals surface area contributed by atoms with Crippen molar-refractivity contribution >= 4 is 5.97 Å². The number of carbonyl (C=O) groups excluding carboxylic acids is 1. The van der Waals surface area contributed by atoms with Gasteiger partial charge in [-0.25, -0.2) is 0 Å². The van der Waals surface area contributed by atoms with Crippen molar-refractivity contribution in [3.8, 4) is 0 Å². The second-order valence-corrected chi connectivity index (χ2v) is 14.6. The monoisotopic (exact) mass is 502 g/mol. The number of hydrogen-bond donors (Lipinski definition) is 1. The highest BCUT2D eigenvalue weighted by Gasteiger charge is 2.60. The van der Waals surface area contributed by atoms with E-state index in [0.29, 0.717) is 29.6 Å². The van der Waals surface area contributed by atoms with Crippen molar-refractivity contribution in [3.63, 3.8) is 0 Å². The van der Waals surface area contributed by atoms with Gasteiger partial charge in [-0.05, 0) is 129 Å². The Morgan fingerprint density at radius 1 is 0.944 bits per heavy atom. The topological polar surface area (TPSA) is 46.5 Å². The van der Waals surface area contributed by atoms with E-state index in [1.165, 1.54) is 64.2 Å². The molecule has 4 saturated carbocycles. The third-order valence-electron chi connectivity index (χ3n) is 12.7. The molecule has 1 N–H and O–H groups in total. The number of fused-ring (bicyclic) bond motifs is 5. The molecule has 0 aromatic rings. The minimum Gasteiger partial charge on any atom is -0.462 e. The molecular weight excluding hydrogens is 444 g/mol. The maximum Gasteiger partial charge on any atom is 0.306 e. The van der Waals surface area contributed by atoms with Gasteiger partial charge in [0.1, 0.15) is 6.10 Å². The molecule has 0 amide bonds. The van der Waals surface area contributed by atoms with Gasteiger partial charge < -0.3 is 9.84 Å². The number of hydrogen-bond acceptors (Lipinski definition) is 3. The average Bonchev–Trinajstić information content (AvgIpc) is 3.20. The minimum atomic E-state index is -0.107. The molecule has 0 radical (unpaired) electrons. The van der Waals surface area contributed by atoms with Crippen molar-refractivity contribution in [2.45, 2.75) is 138 Å². The van der Waals surface area contributed by atoms with Crippen LogP contribution in [0, 0.1) is 58.2 Å². The van der Waals surface area contributed by atoms with E-state index in [1.807, 2.05) is 0 Å². The first-order valence-electron chi connectivity index (χ1n) is 15.9. The first kappa shape index (κ1) is 28.4. The lowest BCUT2D eigenvalue weighted by molar-refractivity contribution is -0.163. The summed E-state index contributed by atoms with van der Waals surface area (Å²) in [6.45, 7) is 15.2. The molecule has 208 valence electrons. The Morgan fingerprint density at radius 2 is 1.67 bits per heavy atom. The largest absolute Gasteiger partial charge is 0.462 e. The van der Waals surface area contributed by atoms with Gasteiger partial charge in [0.15, 0.2) is 0 Å². The number of rotatable bonds is 10. The van der Waals surface area contributed by atoms with Crippen LogP contribution in [0.2, 0.25) is 0 Å². The highest BCUT2D eigenvalue weighted by Crippen LogP contribution is 2.68. The van der Waals surface area contributed by atoms with Crippen molar-refractivity contribution in [2.24, 2.45) is 58.2 Å². The van der Waals surface area contributed by atoms with E-state index in [1.54, 1.807) is 0 Å². The van der Waals surface area contributed by atoms with Crippen LogP contribution in [0.1, 0.15) is 131 Å². The molecule has 0 heterocycles. The number of ether oxygens (including phenoxy) is 1. The fraction of sp³-hybridized carbons (Fsp3) is 0.970. The van der Waals surface area contributed by atoms with Gasteiger partial charge in [0.05, 0.1) is 0 Å². The predicted molar refractivity (Wildman–Crippen MR) is 148 cm³/mol. The summed E-state index contributed by atoms with van der Waals surface area (Å²) >= 11 is 0. The maximum atomic E-state index is 12.2. The predicted octanol–water partition coefficient (Wildman–Crippen LogP) is 8.43. The first-order valence-corrected chi connectivity index (χ1v) is 15.9. The summed E-state index contributed by atoms with van der Waals surface area (Å²) in [6, 6.07) is 0. The molecule has 4 aliphatic carbocycles. The van der Waals surface area contributed by atoms with Crippen LogP contribution in [0.25, 0.3) is 0 Å². The fourth-order valence-electron chi connectivity index (χ4n) is 10.5. The van der Waals surface area contributed by atoms with Gasteiger partial charge in [-0.3, -0.25) is 4.79 Å². The SMILES string of the molecule is CC[C@H](CC[C@@H](C)[C@H]1CCC2C3CCC4C[C@@H](OC(=O)CCCO)CC[C@]4(C)C3CC[C@@]21C)C(C)C. The standard InChI is InChI=1S/C33H58O3/c1-7-24(22(2)3)11-10-23(4)28-14-15-29-27-13-12-25-21-26(36-31(35)9-8-20-34)16-18-32(25,5)30(27)17-19-33(28,29)6/h22-30,34H,7-21H2,1-6H3/t23-,24-,25?,26+,27?,28-,29?,30?,32+,33-/m1/s1. The van der Waals surface area contributed by atoms with Gasteiger partial charge in [0.2, 0.25) is 0 Å². The van der Waals surface area contributed by atoms with Gasteiger partial charge in [0, 0.05) is 13.0 Å². The fourth-order valence-corrected chi connectivity index (χ4v) is 10.5. The molecule has 0 bridgehead atoms. The summed E-state index contributed by atoms with van der Waals surface area (Å²) in [7, 11) is 0. The molecule has 36 heavy (non-hydrogen) atoms. The summed E-state index contributed by atoms with van der Waals surface area (Å²) in [6.07, 6.45) is 17.1. The normalized spacial score (nSPS) is 41.8. The highest BCUT2D eigenvalue weighted by atomic mass is 16.5. The van der Waals surface area contributed by atoms with Gasteiger partial charge >= 0.3 is 5.97 Å². The summed E-state index contributed by atoms with van der Waals surface area (Å²) in [5.41, 5.74) is 0.996. The summed E-state index contributed by atoms with van der Waals surface area (Å²) < 4.78 is 5.86. The van der Waals surface area contributed by atoms with E-state index in [4.69, 9.17) is 9.84 Å². The Labute approximate surface area is 222 Å². The van der Waals surface area contributed by atoms with E-state index < -0.39 is 0 Å². The molecular formula is C33H58O3. The molecule has 4 rings (SSSR count).